The number of rotatable bonds is 5. The van der Waals surface area contributed by atoms with Crippen LogP contribution in [0.2, 0.25) is 0 Å². The third-order valence-electron chi connectivity index (χ3n) is 4.48. The Morgan fingerprint density at radius 1 is 1.00 bits per heavy atom. The summed E-state index contributed by atoms with van der Waals surface area (Å²) in [5.41, 5.74) is 2.64. The molecule has 2 nitrogen and oxygen atoms in total. The lowest BCUT2D eigenvalue weighted by atomic mass is 9.99. The highest BCUT2D eigenvalue weighted by atomic mass is 16.3. The van der Waals surface area contributed by atoms with E-state index in [4.69, 9.17) is 0 Å². The van der Waals surface area contributed by atoms with Crippen LogP contribution < -0.4 is 0 Å². The van der Waals surface area contributed by atoms with Crippen LogP contribution in [0.1, 0.15) is 23.6 Å². The molecule has 1 N–H and O–H groups in total. The summed E-state index contributed by atoms with van der Waals surface area (Å²) < 4.78 is 0. The van der Waals surface area contributed by atoms with Gasteiger partial charge in [-0.15, -0.1) is 0 Å². The summed E-state index contributed by atoms with van der Waals surface area (Å²) >= 11 is 0. The predicted octanol–water partition coefficient (Wildman–Crippen LogP) is 3.28. The maximum Gasteiger partial charge on any atom is 0.0628 e. The van der Waals surface area contributed by atoms with E-state index in [1.807, 2.05) is 6.07 Å². The predicted molar refractivity (Wildman–Crippen MR) is 86.1 cm³/mol. The zero-order valence-corrected chi connectivity index (χ0v) is 12.4. The van der Waals surface area contributed by atoms with Crippen LogP contribution in [-0.4, -0.2) is 29.7 Å². The van der Waals surface area contributed by atoms with Crippen molar-refractivity contribution in [3.05, 3.63) is 71.8 Å². The van der Waals surface area contributed by atoms with Gasteiger partial charge in [-0.05, 0) is 36.4 Å². The van der Waals surface area contributed by atoms with Crippen LogP contribution in [0.4, 0.5) is 0 Å². The second-order valence-electron chi connectivity index (χ2n) is 5.95. The van der Waals surface area contributed by atoms with Gasteiger partial charge in [0.05, 0.1) is 12.6 Å². The Morgan fingerprint density at radius 2 is 1.67 bits per heavy atom. The van der Waals surface area contributed by atoms with Crippen LogP contribution in [0.15, 0.2) is 60.7 Å². The van der Waals surface area contributed by atoms with Crippen molar-refractivity contribution in [2.75, 3.05) is 19.7 Å². The first-order chi connectivity index (χ1) is 10.4. The van der Waals surface area contributed by atoms with Crippen LogP contribution >= 0.6 is 0 Å². The first kappa shape index (κ1) is 14.3. The highest BCUT2D eigenvalue weighted by molar-refractivity contribution is 5.20. The number of nitrogens with zero attached hydrogens (tertiary/aromatic N) is 1. The molecule has 2 atom stereocenters. The van der Waals surface area contributed by atoms with Gasteiger partial charge in [0.2, 0.25) is 0 Å². The van der Waals surface area contributed by atoms with Crippen molar-refractivity contribution in [3.8, 4) is 0 Å². The average Bonchev–Trinajstić information content (AvgIpc) is 2.98. The Balaban J connectivity index is 1.63. The lowest BCUT2D eigenvalue weighted by Crippen LogP contribution is -2.29. The maximum absolute atomic E-state index is 9.77. The summed E-state index contributed by atoms with van der Waals surface area (Å²) in [4.78, 5) is 2.43. The Bertz CT molecular complexity index is 540. The van der Waals surface area contributed by atoms with Gasteiger partial charge in [0, 0.05) is 6.54 Å². The second-order valence-corrected chi connectivity index (χ2v) is 5.95. The zero-order valence-electron chi connectivity index (χ0n) is 12.4. The Labute approximate surface area is 127 Å². The lowest BCUT2D eigenvalue weighted by molar-refractivity contribution is 0.143. The summed E-state index contributed by atoms with van der Waals surface area (Å²) in [7, 11) is 0. The molecule has 1 aliphatic heterocycles. The first-order valence-electron chi connectivity index (χ1n) is 7.80. The van der Waals surface area contributed by atoms with Crippen LogP contribution in [0.3, 0.4) is 0 Å². The van der Waals surface area contributed by atoms with Crippen LogP contribution in [-0.2, 0) is 6.42 Å². The molecule has 0 radical (unpaired) electrons. The number of aliphatic hydroxyl groups excluding tert-OH is 1. The van der Waals surface area contributed by atoms with Crippen molar-refractivity contribution >= 4 is 0 Å². The van der Waals surface area contributed by atoms with Crippen LogP contribution in [0, 0.1) is 5.92 Å². The van der Waals surface area contributed by atoms with E-state index in [0.29, 0.717) is 5.92 Å². The fourth-order valence-corrected chi connectivity index (χ4v) is 3.37. The van der Waals surface area contributed by atoms with Gasteiger partial charge in [-0.25, -0.2) is 0 Å². The molecule has 0 spiro atoms. The molecular formula is C19H23NO. The average molecular weight is 281 g/mol. The zero-order chi connectivity index (χ0) is 14.5. The highest BCUT2D eigenvalue weighted by Gasteiger charge is 2.28. The van der Waals surface area contributed by atoms with Gasteiger partial charge in [0.15, 0.2) is 0 Å². The summed E-state index contributed by atoms with van der Waals surface area (Å²) in [6, 6.07) is 21.2. The van der Waals surface area contributed by atoms with Gasteiger partial charge in [-0.1, -0.05) is 60.7 Å². The van der Waals surface area contributed by atoms with E-state index < -0.39 is 0 Å². The van der Waals surface area contributed by atoms with Gasteiger partial charge >= 0.3 is 0 Å². The first-order valence-corrected chi connectivity index (χ1v) is 7.80. The molecule has 0 bridgehead atoms. The standard InChI is InChI=1S/C19H23NO/c21-15-19(18-9-5-2-6-10-18)20-12-11-17(14-20)13-16-7-3-1-4-8-16/h1-10,17,19,21H,11-15H2. The quantitative estimate of drug-likeness (QED) is 0.909. The number of likely N-dealkylation sites (tertiary alicyclic amines) is 1. The summed E-state index contributed by atoms with van der Waals surface area (Å²) in [5, 5.41) is 9.77. The molecule has 21 heavy (non-hydrogen) atoms. The molecule has 2 aromatic carbocycles. The molecule has 1 saturated heterocycles. The van der Waals surface area contributed by atoms with E-state index in [0.717, 1.165) is 19.5 Å². The fourth-order valence-electron chi connectivity index (χ4n) is 3.37. The molecule has 1 fully saturated rings. The minimum Gasteiger partial charge on any atom is -0.394 e. The fraction of sp³-hybridized carbons (Fsp3) is 0.368. The van der Waals surface area contributed by atoms with E-state index in [-0.39, 0.29) is 12.6 Å². The molecule has 0 saturated carbocycles. The number of benzene rings is 2. The molecule has 2 heteroatoms. The smallest absolute Gasteiger partial charge is 0.0628 e. The molecule has 2 aromatic rings. The second kappa shape index (κ2) is 6.88. The largest absolute Gasteiger partial charge is 0.394 e. The van der Waals surface area contributed by atoms with Crippen molar-refractivity contribution in [2.24, 2.45) is 5.92 Å². The number of hydrogen-bond acceptors (Lipinski definition) is 2. The van der Waals surface area contributed by atoms with Gasteiger partial charge in [-0.2, -0.15) is 0 Å². The van der Waals surface area contributed by atoms with Gasteiger partial charge < -0.3 is 5.11 Å². The van der Waals surface area contributed by atoms with Crippen molar-refractivity contribution in [1.82, 2.24) is 4.90 Å². The van der Waals surface area contributed by atoms with Crippen molar-refractivity contribution in [3.63, 3.8) is 0 Å². The lowest BCUT2D eigenvalue weighted by Gasteiger charge is -2.26. The minimum absolute atomic E-state index is 0.145. The monoisotopic (exact) mass is 281 g/mol. The third-order valence-corrected chi connectivity index (χ3v) is 4.48. The topological polar surface area (TPSA) is 23.5 Å². The van der Waals surface area contributed by atoms with E-state index in [2.05, 4.69) is 59.5 Å². The maximum atomic E-state index is 9.77. The molecule has 0 amide bonds. The Morgan fingerprint density at radius 3 is 2.33 bits per heavy atom. The molecule has 1 heterocycles. The Hall–Kier alpha value is -1.64. The molecule has 1 aliphatic rings. The third kappa shape index (κ3) is 3.52. The number of hydrogen-bond donors (Lipinski definition) is 1. The van der Waals surface area contributed by atoms with Crippen molar-refractivity contribution in [1.29, 1.82) is 0 Å². The van der Waals surface area contributed by atoms with Gasteiger partial charge in [0.25, 0.3) is 0 Å². The SMILES string of the molecule is OCC(c1ccccc1)N1CCC(Cc2ccccc2)C1. The van der Waals surface area contributed by atoms with Crippen molar-refractivity contribution < 1.29 is 5.11 Å². The van der Waals surface area contributed by atoms with E-state index in [9.17, 15) is 5.11 Å². The van der Waals surface area contributed by atoms with E-state index in [1.54, 1.807) is 0 Å². The molecule has 2 unspecified atom stereocenters. The molecule has 3 rings (SSSR count). The van der Waals surface area contributed by atoms with Gasteiger partial charge in [0.1, 0.15) is 0 Å². The Kier molecular flexibility index (Phi) is 4.69. The normalized spacial score (nSPS) is 20.5. The van der Waals surface area contributed by atoms with E-state index in [1.165, 1.54) is 17.5 Å². The summed E-state index contributed by atoms with van der Waals surface area (Å²) in [6.45, 7) is 2.36. The molecule has 0 aromatic heterocycles. The molecule has 0 aliphatic carbocycles. The number of aliphatic hydroxyl groups is 1. The summed E-state index contributed by atoms with van der Waals surface area (Å²) in [5.74, 6) is 0.699. The van der Waals surface area contributed by atoms with Crippen LogP contribution in [0.5, 0.6) is 0 Å². The molecule has 110 valence electrons. The molecular weight excluding hydrogens is 258 g/mol. The highest BCUT2D eigenvalue weighted by Crippen LogP contribution is 2.29. The van der Waals surface area contributed by atoms with Crippen molar-refractivity contribution in [2.45, 2.75) is 18.9 Å². The van der Waals surface area contributed by atoms with Gasteiger partial charge in [-0.3, -0.25) is 4.90 Å². The minimum atomic E-state index is 0.145. The van der Waals surface area contributed by atoms with Crippen LogP contribution in [0.25, 0.3) is 0 Å². The van der Waals surface area contributed by atoms with E-state index >= 15 is 0 Å². The summed E-state index contributed by atoms with van der Waals surface area (Å²) in [6.07, 6.45) is 2.36.